The molecule has 0 fully saturated rings. The topological polar surface area (TPSA) is 38.0 Å². The molecule has 20 heavy (non-hydrogen) atoms. The molecule has 1 atom stereocenters. The first-order valence-electron chi connectivity index (χ1n) is 6.90. The number of rotatable bonds is 6. The van der Waals surface area contributed by atoms with E-state index in [1.54, 1.807) is 0 Å². The fraction of sp³-hybridized carbons (Fsp3) is 0.294. The molecule has 0 radical (unpaired) electrons. The van der Waals surface area contributed by atoms with E-state index in [0.717, 1.165) is 23.6 Å². The molecule has 2 aromatic rings. The second-order valence-corrected chi connectivity index (χ2v) is 5.76. The zero-order valence-electron chi connectivity index (χ0n) is 11.8. The van der Waals surface area contributed by atoms with Crippen LogP contribution in [0.2, 0.25) is 5.02 Å². The Kier molecular flexibility index (Phi) is 5.05. The standard InChI is InChI=1S/C17H21ClN2/c1-17(13-19,12-11-14-7-3-2-4-8-14)20-16-10-6-5-9-15(16)18/h2-10,20H,11-13,19H2,1H3. The van der Waals surface area contributed by atoms with Gasteiger partial charge in [-0.1, -0.05) is 54.1 Å². The number of nitrogens with one attached hydrogen (secondary N) is 1. The lowest BCUT2D eigenvalue weighted by molar-refractivity contribution is 0.483. The second kappa shape index (κ2) is 6.78. The number of nitrogens with two attached hydrogens (primary N) is 1. The molecule has 0 heterocycles. The minimum absolute atomic E-state index is 0.166. The quantitative estimate of drug-likeness (QED) is 0.840. The van der Waals surface area contributed by atoms with Crippen LogP contribution in [-0.4, -0.2) is 12.1 Å². The van der Waals surface area contributed by atoms with Crippen LogP contribution in [0.15, 0.2) is 54.6 Å². The molecule has 0 spiro atoms. The fourth-order valence-electron chi connectivity index (χ4n) is 2.17. The number of para-hydroxylation sites is 1. The molecule has 2 rings (SSSR count). The molecule has 2 aromatic carbocycles. The number of halogens is 1. The predicted molar refractivity (Wildman–Crippen MR) is 87.3 cm³/mol. The lowest BCUT2D eigenvalue weighted by Gasteiger charge is -2.31. The van der Waals surface area contributed by atoms with Crippen molar-refractivity contribution in [1.82, 2.24) is 0 Å². The first-order valence-corrected chi connectivity index (χ1v) is 7.27. The molecule has 2 nitrogen and oxygen atoms in total. The minimum Gasteiger partial charge on any atom is -0.377 e. The van der Waals surface area contributed by atoms with E-state index < -0.39 is 0 Å². The highest BCUT2D eigenvalue weighted by Crippen LogP contribution is 2.26. The molecule has 0 aliphatic heterocycles. The molecule has 0 aromatic heterocycles. The Hall–Kier alpha value is -1.51. The van der Waals surface area contributed by atoms with Crippen molar-refractivity contribution in [2.75, 3.05) is 11.9 Å². The highest BCUT2D eigenvalue weighted by molar-refractivity contribution is 6.33. The van der Waals surface area contributed by atoms with Crippen molar-refractivity contribution in [3.8, 4) is 0 Å². The van der Waals surface area contributed by atoms with E-state index in [1.165, 1.54) is 5.56 Å². The summed E-state index contributed by atoms with van der Waals surface area (Å²) in [6, 6.07) is 18.2. The third-order valence-electron chi connectivity index (χ3n) is 3.57. The summed E-state index contributed by atoms with van der Waals surface area (Å²) in [7, 11) is 0. The van der Waals surface area contributed by atoms with Crippen molar-refractivity contribution in [3.63, 3.8) is 0 Å². The average Bonchev–Trinajstić information content (AvgIpc) is 2.49. The van der Waals surface area contributed by atoms with Crippen LogP contribution in [0.3, 0.4) is 0 Å². The van der Waals surface area contributed by atoms with Gasteiger partial charge in [-0.2, -0.15) is 0 Å². The summed E-state index contributed by atoms with van der Waals surface area (Å²) in [5.74, 6) is 0. The summed E-state index contributed by atoms with van der Waals surface area (Å²) in [5.41, 5.74) is 8.06. The Morgan fingerprint density at radius 2 is 1.70 bits per heavy atom. The van der Waals surface area contributed by atoms with Crippen LogP contribution in [0.25, 0.3) is 0 Å². The van der Waals surface area contributed by atoms with Crippen molar-refractivity contribution < 1.29 is 0 Å². The van der Waals surface area contributed by atoms with Gasteiger partial charge in [0.2, 0.25) is 0 Å². The predicted octanol–water partition coefficient (Wildman–Crippen LogP) is 4.10. The summed E-state index contributed by atoms with van der Waals surface area (Å²) in [6.45, 7) is 2.70. The summed E-state index contributed by atoms with van der Waals surface area (Å²) < 4.78 is 0. The molecule has 3 N–H and O–H groups in total. The third kappa shape index (κ3) is 3.99. The number of anilines is 1. The van der Waals surface area contributed by atoms with Crippen LogP contribution in [0.4, 0.5) is 5.69 Å². The summed E-state index contributed by atoms with van der Waals surface area (Å²) >= 11 is 6.20. The second-order valence-electron chi connectivity index (χ2n) is 5.36. The van der Waals surface area contributed by atoms with E-state index in [0.29, 0.717) is 6.54 Å². The molecule has 0 amide bonds. The Bertz CT molecular complexity index is 542. The zero-order chi connectivity index (χ0) is 14.4. The molecular weight excluding hydrogens is 268 g/mol. The Morgan fingerprint density at radius 1 is 1.05 bits per heavy atom. The number of hydrogen-bond acceptors (Lipinski definition) is 2. The highest BCUT2D eigenvalue weighted by Gasteiger charge is 2.22. The van der Waals surface area contributed by atoms with Crippen molar-refractivity contribution in [2.45, 2.75) is 25.3 Å². The van der Waals surface area contributed by atoms with E-state index in [9.17, 15) is 0 Å². The first kappa shape index (κ1) is 14.9. The van der Waals surface area contributed by atoms with Crippen LogP contribution in [0.1, 0.15) is 18.9 Å². The van der Waals surface area contributed by atoms with Crippen LogP contribution in [0.5, 0.6) is 0 Å². The lowest BCUT2D eigenvalue weighted by atomic mass is 9.93. The number of aryl methyl sites for hydroxylation is 1. The smallest absolute Gasteiger partial charge is 0.0637 e. The van der Waals surface area contributed by atoms with Gasteiger partial charge >= 0.3 is 0 Å². The summed E-state index contributed by atoms with van der Waals surface area (Å²) in [6.07, 6.45) is 1.95. The van der Waals surface area contributed by atoms with Crippen molar-refractivity contribution in [3.05, 3.63) is 65.2 Å². The SMILES string of the molecule is CC(CN)(CCc1ccccc1)Nc1ccccc1Cl. The molecule has 0 bridgehead atoms. The summed E-state index contributed by atoms with van der Waals surface area (Å²) in [4.78, 5) is 0. The van der Waals surface area contributed by atoms with Crippen LogP contribution >= 0.6 is 11.6 Å². The fourth-order valence-corrected chi connectivity index (χ4v) is 2.35. The average molecular weight is 289 g/mol. The van der Waals surface area contributed by atoms with Crippen molar-refractivity contribution >= 4 is 17.3 Å². The Morgan fingerprint density at radius 3 is 2.35 bits per heavy atom. The van der Waals surface area contributed by atoms with E-state index in [-0.39, 0.29) is 5.54 Å². The van der Waals surface area contributed by atoms with Crippen molar-refractivity contribution in [1.29, 1.82) is 0 Å². The normalized spacial score (nSPS) is 13.8. The van der Waals surface area contributed by atoms with Crippen LogP contribution < -0.4 is 11.1 Å². The molecule has 106 valence electrons. The van der Waals surface area contributed by atoms with E-state index in [4.69, 9.17) is 17.3 Å². The van der Waals surface area contributed by atoms with Gasteiger partial charge in [-0.3, -0.25) is 0 Å². The zero-order valence-corrected chi connectivity index (χ0v) is 12.5. The first-order chi connectivity index (χ1) is 9.63. The van der Waals surface area contributed by atoms with Gasteiger partial charge < -0.3 is 11.1 Å². The molecule has 0 saturated carbocycles. The van der Waals surface area contributed by atoms with Crippen molar-refractivity contribution in [2.24, 2.45) is 5.73 Å². The molecule has 1 unspecified atom stereocenters. The third-order valence-corrected chi connectivity index (χ3v) is 3.90. The van der Waals surface area contributed by atoms with Gasteiger partial charge in [-0.15, -0.1) is 0 Å². The molecular formula is C17H21ClN2. The maximum Gasteiger partial charge on any atom is 0.0637 e. The number of benzene rings is 2. The summed E-state index contributed by atoms with van der Waals surface area (Å²) in [5, 5.41) is 4.22. The number of hydrogen-bond donors (Lipinski definition) is 2. The maximum atomic E-state index is 6.20. The van der Waals surface area contributed by atoms with Gasteiger partial charge in [-0.05, 0) is 37.5 Å². The van der Waals surface area contributed by atoms with E-state index in [2.05, 4.69) is 36.5 Å². The maximum absolute atomic E-state index is 6.20. The largest absolute Gasteiger partial charge is 0.377 e. The monoisotopic (exact) mass is 288 g/mol. The Labute approximate surface area is 126 Å². The van der Waals surface area contributed by atoms with Gasteiger partial charge in [0.05, 0.1) is 10.7 Å². The lowest BCUT2D eigenvalue weighted by Crippen LogP contribution is -2.43. The molecule has 0 saturated heterocycles. The van der Waals surface area contributed by atoms with Crippen LogP contribution in [-0.2, 0) is 6.42 Å². The van der Waals surface area contributed by atoms with Gasteiger partial charge in [-0.25, -0.2) is 0 Å². The van der Waals surface area contributed by atoms with Gasteiger partial charge in [0.15, 0.2) is 0 Å². The molecule has 0 aliphatic rings. The highest BCUT2D eigenvalue weighted by atomic mass is 35.5. The van der Waals surface area contributed by atoms with Gasteiger partial charge in [0, 0.05) is 12.1 Å². The van der Waals surface area contributed by atoms with Gasteiger partial charge in [0.25, 0.3) is 0 Å². The molecule has 0 aliphatic carbocycles. The minimum atomic E-state index is -0.166. The van der Waals surface area contributed by atoms with E-state index >= 15 is 0 Å². The molecule has 3 heteroatoms. The van der Waals surface area contributed by atoms with E-state index in [1.807, 2.05) is 30.3 Å². The Balaban J connectivity index is 2.04. The van der Waals surface area contributed by atoms with Gasteiger partial charge in [0.1, 0.15) is 0 Å². The van der Waals surface area contributed by atoms with Crippen LogP contribution in [0, 0.1) is 0 Å².